The number of aryl methyl sites for hydroxylation is 1. The van der Waals surface area contributed by atoms with Crippen molar-refractivity contribution < 1.29 is 22.4 Å². The van der Waals surface area contributed by atoms with Crippen molar-refractivity contribution in [1.82, 2.24) is 29.2 Å². The zero-order chi connectivity index (χ0) is 21.7. The van der Waals surface area contributed by atoms with Gasteiger partial charge in [0.15, 0.2) is 34.4 Å². The second-order valence-electron chi connectivity index (χ2n) is 7.30. The van der Waals surface area contributed by atoms with Gasteiger partial charge in [0.1, 0.15) is 12.9 Å². The Bertz CT molecular complexity index is 1320. The van der Waals surface area contributed by atoms with Gasteiger partial charge in [0, 0.05) is 13.0 Å². The maximum absolute atomic E-state index is 13.5. The number of imidazole rings is 1. The lowest BCUT2D eigenvalue weighted by Gasteiger charge is -2.10. The molecular weight excluding hydrogens is 417 g/mol. The lowest BCUT2D eigenvalue weighted by atomic mass is 10.00. The highest BCUT2D eigenvalue weighted by Crippen LogP contribution is 2.37. The number of benzene rings is 1. The molecule has 5 rings (SSSR count). The molecule has 0 saturated carbocycles. The molecule has 12 heteroatoms. The molecule has 1 fully saturated rings. The van der Waals surface area contributed by atoms with Crippen LogP contribution in [0.15, 0.2) is 34.1 Å². The van der Waals surface area contributed by atoms with E-state index in [1.165, 1.54) is 17.2 Å². The van der Waals surface area contributed by atoms with Gasteiger partial charge in [-0.25, -0.2) is 23.1 Å². The molecule has 4 heterocycles. The molecule has 0 spiro atoms. The van der Waals surface area contributed by atoms with Gasteiger partial charge in [0.05, 0.1) is 19.0 Å². The predicted octanol–water partition coefficient (Wildman–Crippen LogP) is 2.22. The van der Waals surface area contributed by atoms with Gasteiger partial charge in [-0.1, -0.05) is 5.16 Å². The SMILES string of the molecule is Cn1cnc2ncn(Cc3nc([C@@H]4CO[C@@H](c5cc(F)c(F)c(F)c5)C4)no3)c(=O)c21. The van der Waals surface area contributed by atoms with Crippen LogP contribution < -0.4 is 5.56 Å². The maximum Gasteiger partial charge on any atom is 0.280 e. The van der Waals surface area contributed by atoms with Crippen LogP contribution in [0.1, 0.15) is 35.7 Å². The summed E-state index contributed by atoms with van der Waals surface area (Å²) in [6.07, 6.45) is 2.57. The number of nitrogens with zero attached hydrogens (tertiary/aromatic N) is 6. The smallest absolute Gasteiger partial charge is 0.280 e. The minimum absolute atomic E-state index is 0.0192. The highest BCUT2D eigenvalue weighted by molar-refractivity contribution is 5.68. The number of hydrogen-bond acceptors (Lipinski definition) is 7. The van der Waals surface area contributed by atoms with E-state index in [1.54, 1.807) is 11.6 Å². The monoisotopic (exact) mass is 432 g/mol. The van der Waals surface area contributed by atoms with Crippen molar-refractivity contribution in [3.8, 4) is 0 Å². The van der Waals surface area contributed by atoms with E-state index < -0.39 is 23.6 Å². The number of rotatable bonds is 4. The first-order valence-corrected chi connectivity index (χ1v) is 9.35. The molecule has 0 aliphatic carbocycles. The third-order valence-corrected chi connectivity index (χ3v) is 5.23. The topological polar surface area (TPSA) is 101 Å². The summed E-state index contributed by atoms with van der Waals surface area (Å²) >= 11 is 0. The second kappa shape index (κ2) is 7.30. The van der Waals surface area contributed by atoms with Crippen LogP contribution in [0.25, 0.3) is 11.2 Å². The first-order chi connectivity index (χ1) is 14.9. The van der Waals surface area contributed by atoms with E-state index in [4.69, 9.17) is 9.26 Å². The highest BCUT2D eigenvalue weighted by atomic mass is 19.2. The van der Waals surface area contributed by atoms with Crippen molar-refractivity contribution in [1.29, 1.82) is 0 Å². The van der Waals surface area contributed by atoms with E-state index in [0.29, 0.717) is 23.4 Å². The summed E-state index contributed by atoms with van der Waals surface area (Å²) in [5.74, 6) is -3.80. The van der Waals surface area contributed by atoms with Crippen LogP contribution in [0.5, 0.6) is 0 Å². The van der Waals surface area contributed by atoms with Gasteiger partial charge in [-0.3, -0.25) is 9.36 Å². The fourth-order valence-electron chi connectivity index (χ4n) is 3.63. The molecule has 4 aromatic rings. The fraction of sp³-hybridized carbons (Fsp3) is 0.316. The molecule has 160 valence electrons. The third-order valence-electron chi connectivity index (χ3n) is 5.23. The summed E-state index contributed by atoms with van der Waals surface area (Å²) in [5, 5.41) is 3.94. The van der Waals surface area contributed by atoms with Crippen LogP contribution >= 0.6 is 0 Å². The molecule has 1 aliphatic rings. The molecule has 0 bridgehead atoms. The number of fused-ring (bicyclic) bond motifs is 1. The van der Waals surface area contributed by atoms with Crippen LogP contribution in [0.2, 0.25) is 0 Å². The largest absolute Gasteiger partial charge is 0.373 e. The summed E-state index contributed by atoms with van der Waals surface area (Å²) in [6.45, 7) is 0.220. The minimum atomic E-state index is -1.52. The van der Waals surface area contributed by atoms with Crippen LogP contribution in [-0.2, 0) is 18.3 Å². The number of halogens is 3. The van der Waals surface area contributed by atoms with Gasteiger partial charge in [0.2, 0.25) is 5.89 Å². The van der Waals surface area contributed by atoms with Crippen LogP contribution in [0, 0.1) is 17.5 Å². The van der Waals surface area contributed by atoms with Gasteiger partial charge >= 0.3 is 0 Å². The Morgan fingerprint density at radius 1 is 1.16 bits per heavy atom. The van der Waals surface area contributed by atoms with Crippen molar-refractivity contribution in [2.45, 2.75) is 25.0 Å². The van der Waals surface area contributed by atoms with E-state index in [0.717, 1.165) is 12.1 Å². The zero-order valence-electron chi connectivity index (χ0n) is 16.1. The van der Waals surface area contributed by atoms with Crippen LogP contribution in [0.4, 0.5) is 13.2 Å². The molecule has 31 heavy (non-hydrogen) atoms. The Morgan fingerprint density at radius 3 is 2.68 bits per heavy atom. The summed E-state index contributed by atoms with van der Waals surface area (Å²) in [5.41, 5.74) is 0.602. The molecule has 9 nitrogen and oxygen atoms in total. The molecule has 2 atom stereocenters. The van der Waals surface area contributed by atoms with E-state index in [1.807, 2.05) is 0 Å². The normalized spacial score (nSPS) is 18.8. The van der Waals surface area contributed by atoms with E-state index >= 15 is 0 Å². The van der Waals surface area contributed by atoms with Crippen molar-refractivity contribution in [2.24, 2.45) is 7.05 Å². The first-order valence-electron chi connectivity index (χ1n) is 9.35. The Hall–Kier alpha value is -3.54. The molecule has 0 radical (unpaired) electrons. The Morgan fingerprint density at radius 2 is 1.90 bits per heavy atom. The molecular formula is C19H15F3N6O3. The number of aromatic nitrogens is 6. The van der Waals surface area contributed by atoms with E-state index in [-0.39, 0.29) is 36.1 Å². The summed E-state index contributed by atoms with van der Waals surface area (Å²) in [4.78, 5) is 25.1. The van der Waals surface area contributed by atoms with Crippen molar-refractivity contribution in [3.63, 3.8) is 0 Å². The summed E-state index contributed by atoms with van der Waals surface area (Å²) in [6, 6.07) is 1.84. The van der Waals surface area contributed by atoms with Crippen molar-refractivity contribution in [3.05, 3.63) is 69.9 Å². The molecule has 1 aliphatic heterocycles. The van der Waals surface area contributed by atoms with E-state index in [9.17, 15) is 18.0 Å². The average molecular weight is 432 g/mol. The Kier molecular flexibility index (Phi) is 4.58. The summed E-state index contributed by atoms with van der Waals surface area (Å²) < 4.78 is 54.0. The van der Waals surface area contributed by atoms with Gasteiger partial charge in [-0.05, 0) is 24.1 Å². The standard InChI is InChI=1S/C19H15F3N6O3/c1-27-7-23-18-16(27)19(29)28(8-24-18)5-14-25-17(26-31-14)10-4-13(30-6-10)9-2-11(20)15(22)12(21)3-9/h2-3,7-8,10,13H,4-6H2,1H3/t10-,13+/m0/s1. The van der Waals surface area contributed by atoms with Crippen LogP contribution in [0.3, 0.4) is 0 Å². The average Bonchev–Trinajstić information content (AvgIpc) is 3.48. The molecule has 1 aromatic carbocycles. The quantitative estimate of drug-likeness (QED) is 0.456. The zero-order valence-corrected chi connectivity index (χ0v) is 16.1. The molecule has 0 N–H and O–H groups in total. The first kappa shape index (κ1) is 19.4. The molecule has 1 saturated heterocycles. The lowest BCUT2D eigenvalue weighted by molar-refractivity contribution is 0.109. The molecule has 0 unspecified atom stereocenters. The van der Waals surface area contributed by atoms with Crippen LogP contribution in [-0.4, -0.2) is 35.8 Å². The molecule has 3 aromatic heterocycles. The number of hydrogen-bond donors (Lipinski definition) is 0. The highest BCUT2D eigenvalue weighted by Gasteiger charge is 2.32. The third kappa shape index (κ3) is 3.38. The Labute approximate surface area is 172 Å². The van der Waals surface area contributed by atoms with Gasteiger partial charge in [0.25, 0.3) is 5.56 Å². The van der Waals surface area contributed by atoms with Gasteiger partial charge in [-0.2, -0.15) is 4.98 Å². The maximum atomic E-state index is 13.5. The van der Waals surface area contributed by atoms with Gasteiger partial charge < -0.3 is 13.8 Å². The summed E-state index contributed by atoms with van der Waals surface area (Å²) in [7, 11) is 1.70. The van der Waals surface area contributed by atoms with Gasteiger partial charge in [-0.15, -0.1) is 0 Å². The number of ether oxygens (including phenoxy) is 1. The molecule has 0 amide bonds. The minimum Gasteiger partial charge on any atom is -0.373 e. The van der Waals surface area contributed by atoms with E-state index in [2.05, 4.69) is 20.1 Å². The predicted molar refractivity (Wildman–Crippen MR) is 98.5 cm³/mol. The van der Waals surface area contributed by atoms with Crippen molar-refractivity contribution in [2.75, 3.05) is 6.61 Å². The fourth-order valence-corrected chi connectivity index (χ4v) is 3.63. The Balaban J connectivity index is 1.33. The second-order valence-corrected chi connectivity index (χ2v) is 7.30. The lowest BCUT2D eigenvalue weighted by Crippen LogP contribution is -2.22. The van der Waals surface area contributed by atoms with Crippen molar-refractivity contribution >= 4 is 11.2 Å².